The number of nitrogens with zero attached hydrogens (tertiary/aromatic N) is 2. The molecule has 3 heterocycles. The second-order valence-electron chi connectivity index (χ2n) is 7.45. The number of para-hydroxylation sites is 1. The van der Waals surface area contributed by atoms with Gasteiger partial charge in [0.15, 0.2) is 11.5 Å². The smallest absolute Gasteiger partial charge is 0.231 e. The van der Waals surface area contributed by atoms with E-state index in [4.69, 9.17) is 19.3 Å². The minimum absolute atomic E-state index is 0.00432. The van der Waals surface area contributed by atoms with Crippen molar-refractivity contribution < 1.29 is 19.3 Å². The van der Waals surface area contributed by atoms with E-state index in [2.05, 4.69) is 22.0 Å². The minimum atomic E-state index is 0.00432. The number of aliphatic hydroxyl groups is 1. The fourth-order valence-electron chi connectivity index (χ4n) is 3.99. The van der Waals surface area contributed by atoms with Crippen LogP contribution in [0, 0.1) is 5.92 Å². The lowest BCUT2D eigenvalue weighted by molar-refractivity contribution is 0.167. The summed E-state index contributed by atoms with van der Waals surface area (Å²) in [7, 11) is 0. The first-order valence-electron chi connectivity index (χ1n) is 10.1. The highest BCUT2D eigenvalue weighted by Gasteiger charge is 2.22. The van der Waals surface area contributed by atoms with Crippen LogP contribution < -0.4 is 14.2 Å². The van der Waals surface area contributed by atoms with Crippen molar-refractivity contribution in [2.45, 2.75) is 32.2 Å². The molecule has 0 aliphatic carbocycles. The zero-order valence-electron chi connectivity index (χ0n) is 16.2. The number of benzene rings is 1. The maximum atomic E-state index is 8.87. The van der Waals surface area contributed by atoms with E-state index in [1.165, 1.54) is 24.8 Å². The first kappa shape index (κ1) is 19.0. The number of piperidine rings is 1. The summed E-state index contributed by atoms with van der Waals surface area (Å²) in [6.07, 6.45) is 4.67. The molecule has 0 amide bonds. The predicted octanol–water partition coefficient (Wildman–Crippen LogP) is 3.03. The van der Waals surface area contributed by atoms with Crippen LogP contribution in [-0.2, 0) is 13.0 Å². The monoisotopic (exact) mass is 384 g/mol. The van der Waals surface area contributed by atoms with Gasteiger partial charge in [0, 0.05) is 12.6 Å². The van der Waals surface area contributed by atoms with Gasteiger partial charge in [0.25, 0.3) is 0 Å². The third kappa shape index (κ3) is 4.75. The van der Waals surface area contributed by atoms with Crippen LogP contribution in [-0.4, -0.2) is 48.1 Å². The molecule has 1 saturated heterocycles. The highest BCUT2D eigenvalue weighted by molar-refractivity contribution is 5.48. The number of hydrogen-bond donors (Lipinski definition) is 1. The zero-order valence-corrected chi connectivity index (χ0v) is 16.2. The van der Waals surface area contributed by atoms with E-state index in [0.717, 1.165) is 49.2 Å². The molecule has 0 atom stereocenters. The number of ether oxygens (including phenoxy) is 3. The molecule has 1 aromatic heterocycles. The highest BCUT2D eigenvalue weighted by Crippen LogP contribution is 2.36. The van der Waals surface area contributed by atoms with Crippen LogP contribution in [0.3, 0.4) is 0 Å². The van der Waals surface area contributed by atoms with Gasteiger partial charge in [-0.05, 0) is 62.4 Å². The number of aryl methyl sites for hydroxylation is 1. The number of likely N-dealkylation sites (tertiary alicyclic amines) is 1. The van der Waals surface area contributed by atoms with Crippen LogP contribution in [0.1, 0.15) is 30.5 Å². The Bertz CT molecular complexity index is 775. The largest absolute Gasteiger partial charge is 0.475 e. The van der Waals surface area contributed by atoms with Crippen molar-refractivity contribution in [3.8, 4) is 17.4 Å². The number of rotatable bonds is 8. The summed E-state index contributed by atoms with van der Waals surface area (Å²) in [6.45, 7) is 3.67. The number of pyridine rings is 1. The summed E-state index contributed by atoms with van der Waals surface area (Å²) in [4.78, 5) is 7.00. The number of fused-ring (bicyclic) bond motifs is 1. The second-order valence-corrected chi connectivity index (χ2v) is 7.45. The first-order valence-corrected chi connectivity index (χ1v) is 10.1. The molecule has 2 aliphatic heterocycles. The topological polar surface area (TPSA) is 64.1 Å². The quantitative estimate of drug-likeness (QED) is 0.755. The Morgan fingerprint density at radius 3 is 2.82 bits per heavy atom. The van der Waals surface area contributed by atoms with Crippen molar-refractivity contribution in [2.75, 3.05) is 33.1 Å². The predicted molar refractivity (Wildman–Crippen MR) is 106 cm³/mol. The van der Waals surface area contributed by atoms with Crippen molar-refractivity contribution >= 4 is 0 Å². The molecule has 150 valence electrons. The lowest BCUT2D eigenvalue weighted by Gasteiger charge is -2.31. The summed E-state index contributed by atoms with van der Waals surface area (Å²) in [5.41, 5.74) is 2.28. The molecule has 4 rings (SSSR count). The van der Waals surface area contributed by atoms with Gasteiger partial charge in [-0.15, -0.1) is 0 Å². The van der Waals surface area contributed by atoms with Gasteiger partial charge < -0.3 is 19.3 Å². The Hall–Kier alpha value is -2.31. The van der Waals surface area contributed by atoms with Crippen LogP contribution in [0.15, 0.2) is 36.4 Å². The van der Waals surface area contributed by atoms with E-state index in [-0.39, 0.29) is 13.2 Å². The fraction of sp³-hybridized carbons (Fsp3) is 0.500. The average Bonchev–Trinajstić information content (AvgIpc) is 3.21. The van der Waals surface area contributed by atoms with Crippen molar-refractivity contribution in [3.05, 3.63) is 47.7 Å². The van der Waals surface area contributed by atoms with E-state index in [1.807, 2.05) is 24.3 Å². The molecule has 2 aromatic rings. The molecular weight excluding hydrogens is 356 g/mol. The molecule has 0 radical (unpaired) electrons. The Morgan fingerprint density at radius 1 is 1.11 bits per heavy atom. The Kier molecular flexibility index (Phi) is 6.29. The zero-order chi connectivity index (χ0) is 19.2. The van der Waals surface area contributed by atoms with Crippen LogP contribution in [0.4, 0.5) is 0 Å². The molecule has 6 heteroatoms. The third-order valence-electron chi connectivity index (χ3n) is 5.52. The van der Waals surface area contributed by atoms with E-state index in [9.17, 15) is 0 Å². The molecule has 28 heavy (non-hydrogen) atoms. The minimum Gasteiger partial charge on any atom is -0.475 e. The summed E-state index contributed by atoms with van der Waals surface area (Å²) < 4.78 is 16.5. The van der Waals surface area contributed by atoms with Gasteiger partial charge in [0.05, 0.1) is 12.3 Å². The Morgan fingerprint density at radius 2 is 1.96 bits per heavy atom. The van der Waals surface area contributed by atoms with Gasteiger partial charge in [0.2, 0.25) is 12.7 Å². The molecule has 0 saturated carbocycles. The van der Waals surface area contributed by atoms with Gasteiger partial charge >= 0.3 is 0 Å². The van der Waals surface area contributed by atoms with Crippen molar-refractivity contribution in [1.29, 1.82) is 0 Å². The molecule has 1 fully saturated rings. The lowest BCUT2D eigenvalue weighted by Crippen LogP contribution is -2.33. The molecule has 1 aromatic carbocycles. The molecular formula is C22H28N2O4. The van der Waals surface area contributed by atoms with Gasteiger partial charge in [-0.3, -0.25) is 4.90 Å². The average molecular weight is 384 g/mol. The molecule has 0 unspecified atom stereocenters. The summed E-state index contributed by atoms with van der Waals surface area (Å²) in [5.74, 6) is 3.16. The standard InChI is InChI=1S/C22H28N2O4/c25-13-14-26-21-6-2-4-19(23-21)15-24-11-9-17(10-12-24)7-8-18-3-1-5-20-22(18)28-16-27-20/h1-6,17,25H,7-16H2. The summed E-state index contributed by atoms with van der Waals surface area (Å²) >= 11 is 0. The second kappa shape index (κ2) is 9.26. The SMILES string of the molecule is OCCOc1cccc(CN2CCC(CCc3cccc4c3OCO4)CC2)n1. The van der Waals surface area contributed by atoms with Crippen molar-refractivity contribution in [1.82, 2.24) is 9.88 Å². The first-order chi connectivity index (χ1) is 13.8. The summed E-state index contributed by atoms with van der Waals surface area (Å²) in [5, 5.41) is 8.87. The van der Waals surface area contributed by atoms with Crippen molar-refractivity contribution in [2.24, 2.45) is 5.92 Å². The van der Waals surface area contributed by atoms with E-state index in [1.54, 1.807) is 0 Å². The van der Waals surface area contributed by atoms with Gasteiger partial charge in [-0.1, -0.05) is 18.2 Å². The van der Waals surface area contributed by atoms with Crippen molar-refractivity contribution in [3.63, 3.8) is 0 Å². The normalized spacial score (nSPS) is 17.0. The van der Waals surface area contributed by atoms with Gasteiger partial charge in [-0.2, -0.15) is 0 Å². The molecule has 0 spiro atoms. The van der Waals surface area contributed by atoms with Crippen LogP contribution >= 0.6 is 0 Å². The third-order valence-corrected chi connectivity index (χ3v) is 5.52. The number of aromatic nitrogens is 1. The maximum Gasteiger partial charge on any atom is 0.231 e. The molecule has 6 nitrogen and oxygen atoms in total. The molecule has 1 N–H and O–H groups in total. The maximum absolute atomic E-state index is 8.87. The van der Waals surface area contributed by atoms with E-state index in [0.29, 0.717) is 12.7 Å². The van der Waals surface area contributed by atoms with Gasteiger partial charge in [-0.25, -0.2) is 4.98 Å². The van der Waals surface area contributed by atoms with Crippen LogP contribution in [0.2, 0.25) is 0 Å². The number of aliphatic hydroxyl groups excluding tert-OH is 1. The fourth-order valence-corrected chi connectivity index (χ4v) is 3.99. The Labute approximate surface area is 166 Å². The summed E-state index contributed by atoms with van der Waals surface area (Å²) in [6, 6.07) is 12.0. The number of hydrogen-bond acceptors (Lipinski definition) is 6. The lowest BCUT2D eigenvalue weighted by atomic mass is 9.90. The highest BCUT2D eigenvalue weighted by atomic mass is 16.7. The molecule has 0 bridgehead atoms. The van der Waals surface area contributed by atoms with E-state index < -0.39 is 0 Å². The van der Waals surface area contributed by atoms with Crippen LogP contribution in [0.5, 0.6) is 17.4 Å². The Balaban J connectivity index is 1.23. The van der Waals surface area contributed by atoms with Gasteiger partial charge in [0.1, 0.15) is 6.61 Å². The van der Waals surface area contributed by atoms with E-state index >= 15 is 0 Å². The van der Waals surface area contributed by atoms with Crippen LogP contribution in [0.25, 0.3) is 0 Å². The molecule has 2 aliphatic rings.